The number of rotatable bonds is 4. The van der Waals surface area contributed by atoms with Crippen molar-refractivity contribution < 1.29 is 13.5 Å². The van der Waals surface area contributed by atoms with Crippen molar-refractivity contribution in [3.05, 3.63) is 14.7 Å². The number of thiophene rings is 1. The van der Waals surface area contributed by atoms with Crippen LogP contribution in [0, 0.1) is 6.92 Å². The highest BCUT2D eigenvalue weighted by atomic mass is 79.9. The molecule has 2 N–H and O–H groups in total. The minimum Gasteiger partial charge on any atom is -0.394 e. The molecule has 0 radical (unpaired) electrons. The van der Waals surface area contributed by atoms with Crippen molar-refractivity contribution in [1.82, 2.24) is 4.72 Å². The molecule has 1 heterocycles. The van der Waals surface area contributed by atoms with Gasteiger partial charge in [0.15, 0.2) is 0 Å². The number of hydrogen-bond acceptors (Lipinski definition) is 4. The molecular formula is C9H14BrNO3S2. The third kappa shape index (κ3) is 3.27. The van der Waals surface area contributed by atoms with Crippen LogP contribution in [0.2, 0.25) is 0 Å². The van der Waals surface area contributed by atoms with Crippen LogP contribution in [0.3, 0.4) is 0 Å². The van der Waals surface area contributed by atoms with Crippen molar-refractivity contribution in [2.24, 2.45) is 0 Å². The van der Waals surface area contributed by atoms with E-state index in [0.717, 1.165) is 3.79 Å². The molecule has 0 aliphatic rings. The molecule has 7 heteroatoms. The number of nitrogens with one attached hydrogen (secondary N) is 1. The summed E-state index contributed by atoms with van der Waals surface area (Å²) in [6.45, 7) is 4.75. The average molecular weight is 328 g/mol. The van der Waals surface area contributed by atoms with E-state index in [4.69, 9.17) is 5.11 Å². The van der Waals surface area contributed by atoms with E-state index in [-0.39, 0.29) is 11.5 Å². The lowest BCUT2D eigenvalue weighted by Gasteiger charge is -2.22. The first-order valence-electron chi connectivity index (χ1n) is 4.59. The summed E-state index contributed by atoms with van der Waals surface area (Å²) >= 11 is 4.61. The van der Waals surface area contributed by atoms with Crippen LogP contribution in [0.15, 0.2) is 14.7 Å². The van der Waals surface area contributed by atoms with Gasteiger partial charge >= 0.3 is 0 Å². The molecule has 0 bridgehead atoms. The van der Waals surface area contributed by atoms with E-state index in [2.05, 4.69) is 20.7 Å². The summed E-state index contributed by atoms with van der Waals surface area (Å²) < 4.78 is 27.2. The Hall–Kier alpha value is 0.0500. The molecule has 0 fully saturated rings. The molecule has 92 valence electrons. The summed E-state index contributed by atoms with van der Waals surface area (Å²) in [5.41, 5.74) is -0.861. The van der Waals surface area contributed by atoms with Gasteiger partial charge in [0.25, 0.3) is 0 Å². The van der Waals surface area contributed by atoms with Gasteiger partial charge in [-0.3, -0.25) is 0 Å². The Labute approximate surface area is 108 Å². The van der Waals surface area contributed by atoms with Gasteiger partial charge in [0.05, 0.1) is 20.8 Å². The molecule has 0 atom stereocenters. The first-order valence-corrected chi connectivity index (χ1v) is 7.68. The Morgan fingerprint density at radius 2 is 2.12 bits per heavy atom. The molecular weight excluding hydrogens is 314 g/mol. The van der Waals surface area contributed by atoms with E-state index in [1.807, 2.05) is 0 Å². The van der Waals surface area contributed by atoms with E-state index < -0.39 is 15.6 Å². The molecule has 0 spiro atoms. The smallest absolute Gasteiger partial charge is 0.242 e. The number of aliphatic hydroxyl groups excluding tert-OH is 1. The van der Waals surface area contributed by atoms with Crippen molar-refractivity contribution in [2.45, 2.75) is 31.2 Å². The minimum absolute atomic E-state index is 0.253. The van der Waals surface area contributed by atoms with E-state index in [1.54, 1.807) is 26.8 Å². The van der Waals surface area contributed by atoms with E-state index >= 15 is 0 Å². The molecule has 0 aliphatic heterocycles. The van der Waals surface area contributed by atoms with Crippen LogP contribution in [-0.2, 0) is 10.0 Å². The Balaban J connectivity index is 3.09. The van der Waals surface area contributed by atoms with Crippen LogP contribution in [0.1, 0.15) is 18.7 Å². The SMILES string of the molecule is Cc1sc(Br)cc1S(=O)(=O)NC(C)(C)CO. The van der Waals surface area contributed by atoms with Gasteiger partial charge in [-0.1, -0.05) is 0 Å². The normalized spacial score (nSPS) is 13.1. The van der Waals surface area contributed by atoms with Crippen LogP contribution in [0.4, 0.5) is 0 Å². The first kappa shape index (κ1) is 14.1. The first-order chi connectivity index (χ1) is 7.18. The second-order valence-corrected chi connectivity index (χ2v) is 8.40. The summed E-state index contributed by atoms with van der Waals surface area (Å²) in [5.74, 6) is 0. The lowest BCUT2D eigenvalue weighted by molar-refractivity contribution is 0.208. The molecule has 0 amide bonds. The zero-order chi connectivity index (χ0) is 12.6. The second kappa shape index (κ2) is 4.73. The lowest BCUT2D eigenvalue weighted by Crippen LogP contribution is -2.46. The Morgan fingerprint density at radius 1 is 1.56 bits per heavy atom. The molecule has 0 aliphatic carbocycles. The monoisotopic (exact) mass is 327 g/mol. The molecule has 0 aromatic carbocycles. The molecule has 1 aromatic rings. The standard InChI is InChI=1S/C9H14BrNO3S2/c1-6-7(4-8(10)15-6)16(13,14)11-9(2,3)5-12/h4,11-12H,5H2,1-3H3. The second-order valence-electron chi connectivity index (χ2n) is 4.12. The van der Waals surface area contributed by atoms with Gasteiger partial charge in [-0.05, 0) is 42.8 Å². The van der Waals surface area contributed by atoms with Crippen LogP contribution in [-0.4, -0.2) is 25.7 Å². The summed E-state index contributed by atoms with van der Waals surface area (Å²) in [6.07, 6.45) is 0. The van der Waals surface area contributed by atoms with Crippen molar-refractivity contribution in [3.63, 3.8) is 0 Å². The summed E-state index contributed by atoms with van der Waals surface area (Å²) in [7, 11) is -3.57. The topological polar surface area (TPSA) is 66.4 Å². The highest BCUT2D eigenvalue weighted by Crippen LogP contribution is 2.30. The molecule has 16 heavy (non-hydrogen) atoms. The molecule has 1 rings (SSSR count). The third-order valence-electron chi connectivity index (χ3n) is 1.94. The van der Waals surface area contributed by atoms with Gasteiger partial charge in [0.1, 0.15) is 0 Å². The maximum absolute atomic E-state index is 12.0. The Bertz CT molecular complexity index is 479. The van der Waals surface area contributed by atoms with E-state index in [1.165, 1.54) is 11.3 Å². The molecule has 0 unspecified atom stereocenters. The number of aryl methyl sites for hydroxylation is 1. The number of sulfonamides is 1. The van der Waals surface area contributed by atoms with Crippen LogP contribution in [0.5, 0.6) is 0 Å². The van der Waals surface area contributed by atoms with Gasteiger partial charge in [-0.25, -0.2) is 13.1 Å². The fourth-order valence-corrected chi connectivity index (χ4v) is 4.97. The van der Waals surface area contributed by atoms with Crippen molar-refractivity contribution in [1.29, 1.82) is 0 Å². The number of hydrogen-bond donors (Lipinski definition) is 2. The maximum Gasteiger partial charge on any atom is 0.242 e. The van der Waals surface area contributed by atoms with Gasteiger partial charge < -0.3 is 5.11 Å². The largest absolute Gasteiger partial charge is 0.394 e. The van der Waals surface area contributed by atoms with Crippen LogP contribution in [0.25, 0.3) is 0 Å². The van der Waals surface area contributed by atoms with Crippen molar-refractivity contribution in [3.8, 4) is 0 Å². The summed E-state index contributed by atoms with van der Waals surface area (Å²) in [5, 5.41) is 9.05. The number of aliphatic hydroxyl groups is 1. The van der Waals surface area contributed by atoms with Crippen LogP contribution >= 0.6 is 27.3 Å². The van der Waals surface area contributed by atoms with Gasteiger partial charge in [0, 0.05) is 4.88 Å². The molecule has 1 aromatic heterocycles. The Kier molecular flexibility index (Phi) is 4.18. The fraction of sp³-hybridized carbons (Fsp3) is 0.556. The van der Waals surface area contributed by atoms with Crippen LogP contribution < -0.4 is 4.72 Å². The zero-order valence-electron chi connectivity index (χ0n) is 9.24. The summed E-state index contributed by atoms with van der Waals surface area (Å²) in [4.78, 5) is 0.971. The lowest BCUT2D eigenvalue weighted by atomic mass is 10.1. The molecule has 4 nitrogen and oxygen atoms in total. The highest BCUT2D eigenvalue weighted by Gasteiger charge is 2.27. The molecule has 0 saturated carbocycles. The minimum atomic E-state index is -3.57. The average Bonchev–Trinajstić information content (AvgIpc) is 2.44. The van der Waals surface area contributed by atoms with Gasteiger partial charge in [-0.15, -0.1) is 11.3 Å². The fourth-order valence-electron chi connectivity index (χ4n) is 1.15. The quantitative estimate of drug-likeness (QED) is 0.887. The number of halogens is 1. The van der Waals surface area contributed by atoms with E-state index in [0.29, 0.717) is 4.88 Å². The zero-order valence-corrected chi connectivity index (χ0v) is 12.5. The predicted octanol–water partition coefficient (Wildman–Crippen LogP) is 1.87. The highest BCUT2D eigenvalue weighted by molar-refractivity contribution is 9.11. The van der Waals surface area contributed by atoms with Crippen molar-refractivity contribution >= 4 is 37.3 Å². The Morgan fingerprint density at radius 3 is 2.50 bits per heavy atom. The van der Waals surface area contributed by atoms with Crippen molar-refractivity contribution in [2.75, 3.05) is 6.61 Å². The van der Waals surface area contributed by atoms with E-state index in [9.17, 15) is 8.42 Å². The van der Waals surface area contributed by atoms with Gasteiger partial charge in [-0.2, -0.15) is 0 Å². The molecule has 0 saturated heterocycles. The maximum atomic E-state index is 12.0. The summed E-state index contributed by atoms with van der Waals surface area (Å²) in [6, 6.07) is 1.57. The third-order valence-corrected chi connectivity index (χ3v) is 5.44. The predicted molar refractivity (Wildman–Crippen MR) is 68.2 cm³/mol. The van der Waals surface area contributed by atoms with Gasteiger partial charge in [0.2, 0.25) is 10.0 Å².